The van der Waals surface area contributed by atoms with Crippen LogP contribution in [0, 0.1) is 11.8 Å². The Morgan fingerprint density at radius 2 is 1.43 bits per heavy atom. The minimum atomic E-state index is -1.98. The SMILES string of the molecule is CC(C)COC(=O)N(CC(CC(N)=O)N[C@@H](CO)C(N)=O)C(C(=O)C(=O)[C@H](CO)NCC(CCC(=O)NCCCCCC(=O)C(Cc1ccccc1)NC(=O)C(N)CO)C(N)=O)C(C)O. The summed E-state index contributed by atoms with van der Waals surface area (Å²) in [6.07, 6.45) is -1.92. The molecule has 0 saturated carbocycles. The zero-order valence-corrected chi connectivity index (χ0v) is 37.3. The number of nitrogens with zero attached hydrogens (tertiary/aromatic N) is 1. The van der Waals surface area contributed by atoms with Crippen LogP contribution in [-0.2, 0) is 49.5 Å². The molecular weight excluding hydrogens is 855 g/mol. The van der Waals surface area contributed by atoms with Gasteiger partial charge in [-0.3, -0.25) is 48.6 Å². The normalized spacial score (nSPS) is 15.0. The Balaban J connectivity index is 2.91. The number of aliphatic hydroxyl groups excluding tert-OH is 4. The van der Waals surface area contributed by atoms with Gasteiger partial charge in [0.1, 0.15) is 18.1 Å². The lowest BCUT2D eigenvalue weighted by atomic mass is 9.96. The molecule has 0 bridgehead atoms. The van der Waals surface area contributed by atoms with Gasteiger partial charge in [0.25, 0.3) is 0 Å². The fraction of sp³-hybridized carbons (Fsp3) is 0.643. The number of carbonyl (C=O) groups is 9. The van der Waals surface area contributed by atoms with E-state index in [1.54, 1.807) is 26.0 Å². The van der Waals surface area contributed by atoms with Crippen molar-refractivity contribution in [2.75, 3.05) is 46.1 Å². The maximum atomic E-state index is 13.8. The second-order valence-electron chi connectivity index (χ2n) is 16.2. The van der Waals surface area contributed by atoms with Crippen molar-refractivity contribution in [2.45, 2.75) is 114 Å². The van der Waals surface area contributed by atoms with Gasteiger partial charge in [-0.25, -0.2) is 4.79 Å². The number of hydrogen-bond donors (Lipinski definition) is 12. The van der Waals surface area contributed by atoms with Crippen molar-refractivity contribution in [2.24, 2.45) is 34.8 Å². The fourth-order valence-corrected chi connectivity index (χ4v) is 6.45. The van der Waals surface area contributed by atoms with Gasteiger partial charge in [-0.15, -0.1) is 0 Å². The highest BCUT2D eigenvalue weighted by atomic mass is 16.6. The molecule has 366 valence electrons. The zero-order valence-electron chi connectivity index (χ0n) is 37.3. The molecule has 6 unspecified atom stereocenters. The number of nitrogens with two attached hydrogens (primary N) is 4. The first-order valence-corrected chi connectivity index (χ1v) is 21.4. The van der Waals surface area contributed by atoms with Crippen LogP contribution in [-0.4, -0.2) is 167 Å². The molecule has 1 aromatic rings. The molecule has 1 rings (SSSR count). The number of amides is 6. The maximum Gasteiger partial charge on any atom is 0.410 e. The lowest BCUT2D eigenvalue weighted by Gasteiger charge is -2.35. The molecular formula is C42H69N9O14. The molecule has 65 heavy (non-hydrogen) atoms. The number of rotatable bonds is 35. The highest BCUT2D eigenvalue weighted by Crippen LogP contribution is 2.16. The number of unbranched alkanes of at least 4 members (excludes halogenated alkanes) is 2. The standard InChI is InChI=1S/C42H69N9O14/c1-24(2)23-65-42(64)51(19-28(17-34(44)57)49-32(22-54)40(46)62)36(25(3)55)38(60)37(59)31(21-53)48-18-27(39(45)61)13-14-35(58)47-15-9-5-8-12-33(56)30(50-41(63)29(43)20-52)16-26-10-6-4-7-11-26/h4,6-7,10-11,24-25,27-32,36,48-49,52-55H,5,8-9,12-23,43H2,1-3H3,(H2,44,57)(H2,45,61)(H2,46,62)(H,47,58)(H,50,63)/t25?,27?,28?,29?,30?,31-,32-,36?/m0/s1. The lowest BCUT2D eigenvalue weighted by Crippen LogP contribution is -2.61. The summed E-state index contributed by atoms with van der Waals surface area (Å²) in [6.45, 7) is 1.15. The van der Waals surface area contributed by atoms with E-state index in [1.807, 2.05) is 18.2 Å². The highest BCUT2D eigenvalue weighted by Gasteiger charge is 2.42. The fourth-order valence-electron chi connectivity index (χ4n) is 6.45. The van der Waals surface area contributed by atoms with Crippen LogP contribution in [0.1, 0.15) is 71.3 Å². The van der Waals surface area contributed by atoms with E-state index in [9.17, 15) is 63.6 Å². The number of carbonyl (C=O) groups excluding carboxylic acids is 9. The van der Waals surface area contributed by atoms with Gasteiger partial charge in [0.2, 0.25) is 41.1 Å². The average molecular weight is 924 g/mol. The van der Waals surface area contributed by atoms with Crippen molar-refractivity contribution >= 4 is 53.0 Å². The zero-order chi connectivity index (χ0) is 49.2. The summed E-state index contributed by atoms with van der Waals surface area (Å²) in [4.78, 5) is 116. The average Bonchev–Trinajstić information content (AvgIpc) is 3.25. The van der Waals surface area contributed by atoms with Crippen LogP contribution in [0.25, 0.3) is 0 Å². The maximum absolute atomic E-state index is 13.8. The number of primary amides is 3. The van der Waals surface area contributed by atoms with Crippen molar-refractivity contribution in [1.29, 1.82) is 0 Å². The number of hydrogen-bond acceptors (Lipinski definition) is 17. The second kappa shape index (κ2) is 30.7. The molecule has 6 amide bonds. The van der Waals surface area contributed by atoms with E-state index in [0.29, 0.717) is 24.2 Å². The minimum Gasteiger partial charge on any atom is -0.449 e. The Bertz CT molecular complexity index is 1720. The summed E-state index contributed by atoms with van der Waals surface area (Å²) in [6, 6.07) is 0.702. The largest absolute Gasteiger partial charge is 0.449 e. The van der Waals surface area contributed by atoms with Gasteiger partial charge < -0.3 is 64.0 Å². The van der Waals surface area contributed by atoms with Gasteiger partial charge in [0.05, 0.1) is 50.5 Å². The number of ketones is 3. The van der Waals surface area contributed by atoms with E-state index in [4.69, 9.17) is 27.7 Å². The summed E-state index contributed by atoms with van der Waals surface area (Å²) in [7, 11) is 0. The van der Waals surface area contributed by atoms with E-state index >= 15 is 0 Å². The van der Waals surface area contributed by atoms with E-state index in [-0.39, 0.29) is 57.1 Å². The molecule has 16 N–H and O–H groups in total. The van der Waals surface area contributed by atoms with E-state index < -0.39 is 128 Å². The molecule has 0 fully saturated rings. The van der Waals surface area contributed by atoms with Gasteiger partial charge in [-0.1, -0.05) is 50.6 Å². The second-order valence-corrected chi connectivity index (χ2v) is 16.2. The third kappa shape index (κ3) is 21.9. The van der Waals surface area contributed by atoms with Gasteiger partial charge in [-0.2, -0.15) is 0 Å². The van der Waals surface area contributed by atoms with Crippen LogP contribution in [0.5, 0.6) is 0 Å². The first kappa shape index (κ1) is 57.6. The van der Waals surface area contributed by atoms with Gasteiger partial charge in [-0.05, 0) is 44.1 Å². The van der Waals surface area contributed by atoms with E-state index in [2.05, 4.69) is 21.3 Å². The molecule has 23 heteroatoms. The number of Topliss-reactive ketones (excluding diaryl/α,β-unsaturated/α-hetero) is 3. The Morgan fingerprint density at radius 1 is 0.785 bits per heavy atom. The topological polar surface area (TPSA) is 399 Å². The van der Waals surface area contributed by atoms with Crippen LogP contribution >= 0.6 is 0 Å². The Labute approximate surface area is 378 Å². The van der Waals surface area contributed by atoms with Crippen LogP contribution in [0.4, 0.5) is 4.79 Å². The predicted octanol–water partition coefficient (Wildman–Crippen LogP) is -4.23. The molecule has 0 aliphatic heterocycles. The summed E-state index contributed by atoms with van der Waals surface area (Å²) >= 11 is 0. The van der Waals surface area contributed by atoms with Gasteiger partial charge >= 0.3 is 6.09 Å². The number of benzene rings is 1. The molecule has 0 aliphatic rings. The number of aliphatic hydroxyl groups is 4. The predicted molar refractivity (Wildman–Crippen MR) is 234 cm³/mol. The van der Waals surface area contributed by atoms with Crippen LogP contribution in [0.2, 0.25) is 0 Å². The van der Waals surface area contributed by atoms with E-state index in [1.165, 1.54) is 0 Å². The highest BCUT2D eigenvalue weighted by molar-refractivity contribution is 6.41. The summed E-state index contributed by atoms with van der Waals surface area (Å²) in [5, 5.41) is 50.3. The Hall–Kier alpha value is -5.43. The molecule has 0 saturated heterocycles. The smallest absolute Gasteiger partial charge is 0.410 e. The third-order valence-corrected chi connectivity index (χ3v) is 10.1. The van der Waals surface area contributed by atoms with Gasteiger partial charge in [0, 0.05) is 44.9 Å². The van der Waals surface area contributed by atoms with Crippen molar-refractivity contribution in [1.82, 2.24) is 26.2 Å². The molecule has 0 radical (unpaired) electrons. The first-order valence-electron chi connectivity index (χ1n) is 21.4. The third-order valence-electron chi connectivity index (χ3n) is 10.1. The summed E-state index contributed by atoms with van der Waals surface area (Å²) in [5.41, 5.74) is 22.7. The lowest BCUT2D eigenvalue weighted by molar-refractivity contribution is -0.143. The molecule has 8 atom stereocenters. The molecule has 0 aliphatic carbocycles. The van der Waals surface area contributed by atoms with Gasteiger partial charge in [0.15, 0.2) is 5.78 Å². The number of ether oxygens (including phenoxy) is 1. The summed E-state index contributed by atoms with van der Waals surface area (Å²) in [5.74, 6) is -8.11. The molecule has 0 heterocycles. The first-order chi connectivity index (χ1) is 30.7. The van der Waals surface area contributed by atoms with Crippen LogP contribution < -0.4 is 44.2 Å². The molecule has 0 spiro atoms. The van der Waals surface area contributed by atoms with Crippen molar-refractivity contribution in [3.05, 3.63) is 35.9 Å². The monoisotopic (exact) mass is 923 g/mol. The number of nitrogens with one attached hydrogen (secondary N) is 4. The quantitative estimate of drug-likeness (QED) is 0.0227. The minimum absolute atomic E-state index is 0.0996. The van der Waals surface area contributed by atoms with Crippen molar-refractivity contribution in [3.63, 3.8) is 0 Å². The van der Waals surface area contributed by atoms with Crippen LogP contribution in [0.15, 0.2) is 30.3 Å². The molecule has 1 aromatic carbocycles. The van der Waals surface area contributed by atoms with Crippen LogP contribution in [0.3, 0.4) is 0 Å². The molecule has 23 nitrogen and oxygen atoms in total. The van der Waals surface area contributed by atoms with Crippen molar-refractivity contribution in [3.8, 4) is 0 Å². The van der Waals surface area contributed by atoms with E-state index in [0.717, 1.165) is 12.5 Å². The molecule has 0 aromatic heterocycles. The Kier molecular flexibility index (Phi) is 27.2. The summed E-state index contributed by atoms with van der Waals surface area (Å²) < 4.78 is 5.29. The Morgan fingerprint density at radius 3 is 1.97 bits per heavy atom. The van der Waals surface area contributed by atoms with Crippen molar-refractivity contribution < 1.29 is 68.3 Å².